The minimum absolute atomic E-state index is 0.0882. The Hall–Kier alpha value is -1.64. The molecule has 0 bridgehead atoms. The highest BCUT2D eigenvalue weighted by Crippen LogP contribution is 2.29. The van der Waals surface area contributed by atoms with Crippen LogP contribution in [0.5, 0.6) is 0 Å². The Balaban J connectivity index is 1.72. The molecule has 1 aromatic carbocycles. The van der Waals surface area contributed by atoms with Crippen molar-refractivity contribution < 1.29 is 9.59 Å². The lowest BCUT2D eigenvalue weighted by Gasteiger charge is -2.23. The highest BCUT2D eigenvalue weighted by atomic mass is 32.2. The first-order valence-corrected chi connectivity index (χ1v) is 8.45. The molecule has 0 saturated carbocycles. The molecule has 1 aliphatic heterocycles. The van der Waals surface area contributed by atoms with Crippen molar-refractivity contribution in [2.45, 2.75) is 10.4 Å². The molecule has 1 saturated heterocycles. The zero-order chi connectivity index (χ0) is 14.8. The van der Waals surface area contributed by atoms with Gasteiger partial charge in [-0.05, 0) is 24.5 Å². The second-order valence-corrected chi connectivity index (χ2v) is 6.68. The quantitative estimate of drug-likeness (QED) is 0.736. The molecule has 1 atom stereocenters. The van der Waals surface area contributed by atoms with Crippen LogP contribution in [0, 0.1) is 0 Å². The van der Waals surface area contributed by atoms with Crippen LogP contribution in [-0.2, 0) is 9.59 Å². The summed E-state index contributed by atoms with van der Waals surface area (Å²) in [6.45, 7) is 0.479. The summed E-state index contributed by atoms with van der Waals surface area (Å²) in [6.07, 6.45) is 1.99. The standard InChI is InChI=1S/C13H14N4O2S2/c1-20-13-17-8-3-2-7(4-10(8)21-13)16-12(19)9-5-15-11(18)6-14-9/h2-4,9,14H,5-6H2,1H3,(H,15,18)(H,16,19). The fraction of sp³-hybridized carbons (Fsp3) is 0.308. The Morgan fingerprint density at radius 2 is 2.38 bits per heavy atom. The molecule has 3 rings (SSSR count). The fourth-order valence-corrected chi connectivity index (χ4v) is 3.58. The number of hydrogen-bond donors (Lipinski definition) is 3. The number of piperazine rings is 1. The molecule has 1 fully saturated rings. The summed E-state index contributed by atoms with van der Waals surface area (Å²) >= 11 is 3.21. The zero-order valence-electron chi connectivity index (χ0n) is 11.3. The predicted molar refractivity (Wildman–Crippen MR) is 84.8 cm³/mol. The van der Waals surface area contributed by atoms with Crippen molar-refractivity contribution >= 4 is 50.8 Å². The average Bonchev–Trinajstić information content (AvgIpc) is 2.90. The van der Waals surface area contributed by atoms with Crippen LogP contribution in [0.25, 0.3) is 10.2 Å². The largest absolute Gasteiger partial charge is 0.353 e. The van der Waals surface area contributed by atoms with E-state index in [1.54, 1.807) is 23.1 Å². The van der Waals surface area contributed by atoms with Gasteiger partial charge in [0.2, 0.25) is 11.8 Å². The van der Waals surface area contributed by atoms with E-state index < -0.39 is 6.04 Å². The van der Waals surface area contributed by atoms with Crippen LogP contribution in [0.4, 0.5) is 5.69 Å². The second kappa shape index (κ2) is 6.00. The van der Waals surface area contributed by atoms with Gasteiger partial charge < -0.3 is 10.6 Å². The van der Waals surface area contributed by atoms with Gasteiger partial charge in [0.15, 0.2) is 4.34 Å². The number of aromatic nitrogens is 1. The third-order valence-corrected chi connectivity index (χ3v) is 5.14. The van der Waals surface area contributed by atoms with E-state index in [0.717, 1.165) is 20.2 Å². The summed E-state index contributed by atoms with van der Waals surface area (Å²) in [7, 11) is 0. The molecule has 1 unspecified atom stereocenters. The molecule has 110 valence electrons. The van der Waals surface area contributed by atoms with E-state index in [9.17, 15) is 9.59 Å². The lowest BCUT2D eigenvalue weighted by molar-refractivity contribution is -0.124. The molecule has 21 heavy (non-hydrogen) atoms. The Kier molecular flexibility index (Phi) is 4.09. The normalized spacial score (nSPS) is 18.5. The van der Waals surface area contributed by atoms with Crippen LogP contribution in [-0.4, -0.2) is 42.2 Å². The number of anilines is 1. The topological polar surface area (TPSA) is 83.1 Å². The van der Waals surface area contributed by atoms with Gasteiger partial charge in [-0.25, -0.2) is 4.98 Å². The van der Waals surface area contributed by atoms with Crippen LogP contribution in [0.2, 0.25) is 0 Å². The summed E-state index contributed by atoms with van der Waals surface area (Å²) in [5.41, 5.74) is 1.67. The first kappa shape index (κ1) is 14.3. The van der Waals surface area contributed by atoms with E-state index in [-0.39, 0.29) is 18.4 Å². The van der Waals surface area contributed by atoms with E-state index in [1.807, 2.05) is 24.5 Å². The molecule has 8 heteroatoms. The van der Waals surface area contributed by atoms with Gasteiger partial charge in [-0.3, -0.25) is 14.9 Å². The molecule has 0 spiro atoms. The molecule has 1 aliphatic rings. The number of benzene rings is 1. The van der Waals surface area contributed by atoms with Gasteiger partial charge in [-0.15, -0.1) is 11.3 Å². The molecule has 6 nitrogen and oxygen atoms in total. The smallest absolute Gasteiger partial charge is 0.243 e. The van der Waals surface area contributed by atoms with Gasteiger partial charge in [0.05, 0.1) is 16.8 Å². The summed E-state index contributed by atoms with van der Waals surface area (Å²) < 4.78 is 2.05. The van der Waals surface area contributed by atoms with E-state index in [0.29, 0.717) is 6.54 Å². The Bertz CT molecular complexity index is 691. The summed E-state index contributed by atoms with van der Waals surface area (Å²) in [6, 6.07) is 5.26. The molecule has 2 heterocycles. The SMILES string of the molecule is CSc1nc2ccc(NC(=O)C3CNC(=O)CN3)cc2s1. The van der Waals surface area contributed by atoms with Crippen LogP contribution >= 0.6 is 23.1 Å². The number of thioether (sulfide) groups is 1. The number of fused-ring (bicyclic) bond motifs is 1. The lowest BCUT2D eigenvalue weighted by atomic mass is 10.2. The highest BCUT2D eigenvalue weighted by Gasteiger charge is 2.23. The summed E-state index contributed by atoms with van der Waals surface area (Å²) in [4.78, 5) is 27.6. The number of hydrogen-bond acceptors (Lipinski definition) is 6. The monoisotopic (exact) mass is 322 g/mol. The third-order valence-electron chi connectivity index (χ3n) is 3.14. The Morgan fingerprint density at radius 1 is 1.52 bits per heavy atom. The van der Waals surface area contributed by atoms with Crippen molar-refractivity contribution in [3.63, 3.8) is 0 Å². The van der Waals surface area contributed by atoms with E-state index in [2.05, 4.69) is 20.9 Å². The van der Waals surface area contributed by atoms with Crippen LogP contribution in [0.3, 0.4) is 0 Å². The van der Waals surface area contributed by atoms with Crippen molar-refractivity contribution in [3.05, 3.63) is 18.2 Å². The number of carbonyl (C=O) groups excluding carboxylic acids is 2. The molecule has 2 amide bonds. The van der Waals surface area contributed by atoms with Gasteiger partial charge in [-0.1, -0.05) is 11.8 Å². The van der Waals surface area contributed by atoms with E-state index in [1.165, 1.54) is 0 Å². The third kappa shape index (κ3) is 3.17. The molecular formula is C13H14N4O2S2. The first-order chi connectivity index (χ1) is 10.2. The first-order valence-electron chi connectivity index (χ1n) is 6.41. The molecule has 0 radical (unpaired) electrons. The minimum Gasteiger partial charge on any atom is -0.353 e. The van der Waals surface area contributed by atoms with Crippen LogP contribution in [0.1, 0.15) is 0 Å². The molecule has 3 N–H and O–H groups in total. The maximum absolute atomic E-state index is 12.1. The van der Waals surface area contributed by atoms with E-state index >= 15 is 0 Å². The number of rotatable bonds is 3. The fourth-order valence-electron chi connectivity index (χ4n) is 2.05. The van der Waals surface area contributed by atoms with E-state index in [4.69, 9.17) is 0 Å². The molecule has 1 aromatic heterocycles. The number of nitrogens with zero attached hydrogens (tertiary/aromatic N) is 1. The zero-order valence-corrected chi connectivity index (χ0v) is 12.9. The average molecular weight is 322 g/mol. The van der Waals surface area contributed by atoms with Gasteiger partial charge in [0, 0.05) is 12.2 Å². The van der Waals surface area contributed by atoms with Gasteiger partial charge in [0.25, 0.3) is 0 Å². The minimum atomic E-state index is -0.401. The van der Waals surface area contributed by atoms with Crippen molar-refractivity contribution in [2.75, 3.05) is 24.7 Å². The molecule has 0 aliphatic carbocycles. The summed E-state index contributed by atoms with van der Waals surface area (Å²) in [5, 5.41) is 8.43. The van der Waals surface area contributed by atoms with Crippen LogP contribution in [0.15, 0.2) is 22.5 Å². The lowest BCUT2D eigenvalue weighted by Crippen LogP contribution is -2.56. The number of carbonyl (C=O) groups is 2. The molecule has 2 aromatic rings. The van der Waals surface area contributed by atoms with Crippen LogP contribution < -0.4 is 16.0 Å². The Labute approximate surface area is 129 Å². The predicted octanol–water partition coefficient (Wildman–Crippen LogP) is 1.04. The maximum atomic E-state index is 12.1. The number of thiazole rings is 1. The van der Waals surface area contributed by atoms with Gasteiger partial charge in [-0.2, -0.15) is 0 Å². The van der Waals surface area contributed by atoms with Crippen molar-refractivity contribution in [3.8, 4) is 0 Å². The van der Waals surface area contributed by atoms with Gasteiger partial charge in [0.1, 0.15) is 6.04 Å². The maximum Gasteiger partial charge on any atom is 0.243 e. The van der Waals surface area contributed by atoms with Gasteiger partial charge >= 0.3 is 0 Å². The number of amides is 2. The highest BCUT2D eigenvalue weighted by molar-refractivity contribution is 8.00. The van der Waals surface area contributed by atoms with Crippen molar-refractivity contribution in [1.29, 1.82) is 0 Å². The van der Waals surface area contributed by atoms with Crippen molar-refractivity contribution in [1.82, 2.24) is 15.6 Å². The van der Waals surface area contributed by atoms with Crippen molar-refractivity contribution in [2.24, 2.45) is 0 Å². The second-order valence-electron chi connectivity index (χ2n) is 4.59. The molecular weight excluding hydrogens is 308 g/mol. The number of nitrogens with one attached hydrogen (secondary N) is 3. The Morgan fingerprint density at radius 3 is 3.10 bits per heavy atom. The summed E-state index contributed by atoms with van der Waals surface area (Å²) in [5.74, 6) is -0.237.